The van der Waals surface area contributed by atoms with Crippen LogP contribution in [0.5, 0.6) is 0 Å². The van der Waals surface area contributed by atoms with Crippen molar-refractivity contribution in [2.24, 2.45) is 0 Å². The van der Waals surface area contributed by atoms with E-state index in [2.05, 4.69) is 14.2 Å². The van der Waals surface area contributed by atoms with E-state index in [1.165, 1.54) is 0 Å². The molecule has 2 fully saturated rings. The Balaban J connectivity index is 1.71. The van der Waals surface area contributed by atoms with Crippen LogP contribution in [0, 0.1) is 0 Å². The molecule has 8 heteroatoms. The molecule has 0 bridgehead atoms. The number of hydrogen-bond donors (Lipinski definition) is 0. The topological polar surface area (TPSA) is 26.8 Å². The van der Waals surface area contributed by atoms with Crippen LogP contribution in [0.3, 0.4) is 0 Å². The van der Waals surface area contributed by atoms with Gasteiger partial charge in [-0.25, -0.2) is 0 Å². The number of benzene rings is 3. The third-order valence-electron chi connectivity index (χ3n) is 6.27. The van der Waals surface area contributed by atoms with Gasteiger partial charge in [0, 0.05) is 59.1 Å². The first-order valence-corrected chi connectivity index (χ1v) is 14.7. The highest BCUT2D eigenvalue weighted by atomic mass is 35.5. The Bertz CT molecular complexity index is 1090. The first-order chi connectivity index (χ1) is 16.1. The van der Waals surface area contributed by atoms with Crippen LogP contribution in [-0.4, -0.2) is 42.6 Å². The quantitative estimate of drug-likeness (QED) is 0.332. The molecule has 3 aromatic carbocycles. The van der Waals surface area contributed by atoms with Gasteiger partial charge in [-0.3, -0.25) is 9.46 Å². The van der Waals surface area contributed by atoms with Gasteiger partial charge in [-0.15, -0.1) is 0 Å². The number of thioether (sulfide) groups is 1. The summed E-state index contributed by atoms with van der Waals surface area (Å²) in [5, 5.41) is 1.15. The van der Waals surface area contributed by atoms with Crippen LogP contribution >= 0.6 is 42.4 Å². The Morgan fingerprint density at radius 2 is 1.30 bits per heavy atom. The van der Waals surface area contributed by atoms with Gasteiger partial charge < -0.3 is 9.34 Å². The molecule has 2 aliphatic heterocycles. The minimum Gasteiger partial charge on any atom is -0.304 e. The summed E-state index contributed by atoms with van der Waals surface area (Å²) in [6, 6.07) is 25.8. The zero-order valence-electron chi connectivity index (χ0n) is 18.2. The average molecular weight is 518 g/mol. The fourth-order valence-corrected chi connectivity index (χ4v) is 10.0. The van der Waals surface area contributed by atoms with Gasteiger partial charge in [0.1, 0.15) is 5.78 Å². The first-order valence-electron chi connectivity index (χ1n) is 11.1. The van der Waals surface area contributed by atoms with Gasteiger partial charge in [0.2, 0.25) is 0 Å². The van der Waals surface area contributed by atoms with E-state index in [0.717, 1.165) is 41.5 Å². The van der Waals surface area contributed by atoms with E-state index in [0.29, 0.717) is 23.1 Å². The summed E-state index contributed by atoms with van der Waals surface area (Å²) in [7, 11) is -3.22. The normalized spacial score (nSPS) is 19.6. The number of halogens is 2. The molecule has 0 N–H and O–H groups in total. The van der Waals surface area contributed by atoms with Crippen molar-refractivity contribution in [1.82, 2.24) is 4.90 Å². The molecular weight excluding hydrogens is 492 g/mol. The second-order valence-electron chi connectivity index (χ2n) is 8.19. The third kappa shape index (κ3) is 4.42. The summed E-state index contributed by atoms with van der Waals surface area (Å²) < 4.78 is 19.9. The predicted molar refractivity (Wildman–Crippen MR) is 143 cm³/mol. The SMILES string of the molecule is O=P1(C(c2ccc(Cl)cc2Cl)N2CCSCC2)N(c2ccccc2)CCN1c1ccccc1. The molecule has 5 rings (SSSR count). The molecule has 172 valence electrons. The van der Waals surface area contributed by atoms with Gasteiger partial charge >= 0.3 is 0 Å². The Morgan fingerprint density at radius 1 is 0.758 bits per heavy atom. The third-order valence-corrected chi connectivity index (χ3v) is 11.3. The van der Waals surface area contributed by atoms with E-state index < -0.39 is 7.44 Å². The predicted octanol–water partition coefficient (Wildman–Crippen LogP) is 7.26. The maximum absolute atomic E-state index is 15.6. The minimum absolute atomic E-state index is 0.369. The Morgan fingerprint density at radius 3 is 1.82 bits per heavy atom. The standard InChI is InChI=1S/C25H26Cl2N3OPS/c26-20-11-12-23(24(27)19-20)25(28-15-17-33-18-16-28)32(31)29(21-7-3-1-4-8-21)13-14-30(32)22-9-5-2-6-10-22/h1-12,19,25H,13-18H2. The Kier molecular flexibility index (Phi) is 6.96. The van der Waals surface area contributed by atoms with E-state index in [1.54, 1.807) is 6.07 Å². The Labute approximate surface area is 209 Å². The fraction of sp³-hybridized carbons (Fsp3) is 0.280. The average Bonchev–Trinajstić information content (AvgIpc) is 3.20. The summed E-state index contributed by atoms with van der Waals surface area (Å²) in [4.78, 5) is 2.36. The van der Waals surface area contributed by atoms with E-state index in [1.807, 2.05) is 84.6 Å². The molecule has 2 saturated heterocycles. The largest absolute Gasteiger partial charge is 0.304 e. The van der Waals surface area contributed by atoms with E-state index in [-0.39, 0.29) is 5.78 Å². The summed E-state index contributed by atoms with van der Waals surface area (Å²) in [6.07, 6.45) is 0. The number of rotatable bonds is 5. The lowest BCUT2D eigenvalue weighted by atomic mass is 10.2. The van der Waals surface area contributed by atoms with Gasteiger partial charge in [0.25, 0.3) is 7.44 Å². The molecule has 0 spiro atoms. The van der Waals surface area contributed by atoms with Crippen LogP contribution in [0.2, 0.25) is 10.0 Å². The molecule has 1 atom stereocenters. The van der Waals surface area contributed by atoms with Crippen molar-refractivity contribution in [1.29, 1.82) is 0 Å². The van der Waals surface area contributed by atoms with Crippen molar-refractivity contribution in [3.8, 4) is 0 Å². The molecule has 4 nitrogen and oxygen atoms in total. The smallest absolute Gasteiger partial charge is 0.284 e. The van der Waals surface area contributed by atoms with Gasteiger partial charge in [-0.1, -0.05) is 65.7 Å². The van der Waals surface area contributed by atoms with Crippen LogP contribution in [0.4, 0.5) is 11.4 Å². The zero-order chi connectivity index (χ0) is 22.8. The van der Waals surface area contributed by atoms with Crippen molar-refractivity contribution in [3.63, 3.8) is 0 Å². The lowest BCUT2D eigenvalue weighted by molar-refractivity contribution is 0.273. The summed E-state index contributed by atoms with van der Waals surface area (Å²) >= 11 is 15.0. The Hall–Kier alpha value is -1.62. The molecule has 0 amide bonds. The molecule has 33 heavy (non-hydrogen) atoms. The molecular formula is C25H26Cl2N3OPS. The maximum atomic E-state index is 15.6. The highest BCUT2D eigenvalue weighted by Gasteiger charge is 2.52. The second-order valence-corrected chi connectivity index (χ2v) is 12.9. The van der Waals surface area contributed by atoms with E-state index in [9.17, 15) is 0 Å². The number of nitrogens with zero attached hydrogens (tertiary/aromatic N) is 3. The van der Waals surface area contributed by atoms with Crippen LogP contribution in [0.15, 0.2) is 78.9 Å². The van der Waals surface area contributed by atoms with Crippen LogP contribution in [0.25, 0.3) is 0 Å². The molecule has 3 aromatic rings. The number of hydrogen-bond acceptors (Lipinski definition) is 3. The summed E-state index contributed by atoms with van der Waals surface area (Å²) in [6.45, 7) is 3.09. The number of anilines is 2. The van der Waals surface area contributed by atoms with Crippen molar-refractivity contribution < 1.29 is 4.57 Å². The fourth-order valence-electron chi connectivity index (χ4n) is 4.78. The van der Waals surface area contributed by atoms with Crippen molar-refractivity contribution in [3.05, 3.63) is 94.5 Å². The molecule has 0 radical (unpaired) electrons. The van der Waals surface area contributed by atoms with Gasteiger partial charge in [-0.2, -0.15) is 11.8 Å². The highest BCUT2D eigenvalue weighted by Crippen LogP contribution is 2.70. The molecule has 0 saturated carbocycles. The van der Waals surface area contributed by atoms with Crippen molar-refractivity contribution in [2.75, 3.05) is 47.0 Å². The minimum atomic E-state index is -3.22. The van der Waals surface area contributed by atoms with Crippen LogP contribution in [0.1, 0.15) is 11.3 Å². The molecule has 0 aromatic heterocycles. The van der Waals surface area contributed by atoms with E-state index >= 15 is 4.57 Å². The van der Waals surface area contributed by atoms with Crippen LogP contribution in [-0.2, 0) is 4.57 Å². The highest BCUT2D eigenvalue weighted by molar-refractivity contribution is 7.99. The molecule has 0 aliphatic carbocycles. The molecule has 2 aliphatic rings. The number of para-hydroxylation sites is 2. The molecule has 1 unspecified atom stereocenters. The van der Waals surface area contributed by atoms with E-state index in [4.69, 9.17) is 23.2 Å². The maximum Gasteiger partial charge on any atom is 0.284 e. The summed E-state index contributed by atoms with van der Waals surface area (Å²) in [5.41, 5.74) is 2.82. The summed E-state index contributed by atoms with van der Waals surface area (Å²) in [5.74, 6) is 1.66. The monoisotopic (exact) mass is 517 g/mol. The molecule has 2 heterocycles. The van der Waals surface area contributed by atoms with Crippen molar-refractivity contribution in [2.45, 2.75) is 5.78 Å². The second kappa shape index (κ2) is 9.93. The van der Waals surface area contributed by atoms with Gasteiger partial charge in [0.05, 0.1) is 0 Å². The zero-order valence-corrected chi connectivity index (χ0v) is 21.4. The van der Waals surface area contributed by atoms with Crippen LogP contribution < -0.4 is 9.34 Å². The first kappa shape index (κ1) is 23.1. The van der Waals surface area contributed by atoms with Gasteiger partial charge in [0.15, 0.2) is 0 Å². The van der Waals surface area contributed by atoms with Crippen molar-refractivity contribution >= 4 is 53.8 Å². The lowest BCUT2D eigenvalue weighted by Crippen LogP contribution is -2.40. The van der Waals surface area contributed by atoms with Gasteiger partial charge in [-0.05, 0) is 42.0 Å². The lowest BCUT2D eigenvalue weighted by Gasteiger charge is -2.44.